The third-order valence-electron chi connectivity index (χ3n) is 6.00. The number of hydrogen-bond donors (Lipinski definition) is 2. The number of carbonyl (C=O) groups excluding carboxylic acids is 1. The summed E-state index contributed by atoms with van der Waals surface area (Å²) in [7, 11) is -0.832. The fourth-order valence-corrected chi connectivity index (χ4v) is 5.51. The van der Waals surface area contributed by atoms with Crippen LogP contribution in [-0.2, 0) is 21.4 Å². The molecule has 1 aliphatic heterocycles. The van der Waals surface area contributed by atoms with Crippen molar-refractivity contribution in [1.82, 2.24) is 14.8 Å². The Morgan fingerprint density at radius 2 is 1.94 bits per heavy atom. The summed E-state index contributed by atoms with van der Waals surface area (Å²) in [5.41, 5.74) is 3.35. The molecule has 178 valence electrons. The molecule has 0 saturated carbocycles. The number of amides is 1. The lowest BCUT2D eigenvalue weighted by Crippen LogP contribution is -2.42. The quantitative estimate of drug-likeness (QED) is 0.377. The second-order valence-corrected chi connectivity index (χ2v) is 10.1. The average molecular weight is 483 g/mol. The van der Waals surface area contributed by atoms with Gasteiger partial charge in [0.25, 0.3) is 0 Å². The van der Waals surface area contributed by atoms with E-state index in [0.29, 0.717) is 25.3 Å². The first-order chi connectivity index (χ1) is 16.3. The van der Waals surface area contributed by atoms with Crippen molar-refractivity contribution in [3.8, 4) is 5.75 Å². The van der Waals surface area contributed by atoms with Gasteiger partial charge in [-0.05, 0) is 58.7 Å². The highest BCUT2D eigenvalue weighted by atomic mass is 32.2. The lowest BCUT2D eigenvalue weighted by Gasteiger charge is -2.24. The Morgan fingerprint density at radius 3 is 2.71 bits per heavy atom. The van der Waals surface area contributed by atoms with E-state index in [-0.39, 0.29) is 10.8 Å². The predicted octanol–water partition coefficient (Wildman–Crippen LogP) is 2.58. The zero-order valence-electron chi connectivity index (χ0n) is 18.9. The third-order valence-corrected chi connectivity index (χ3v) is 7.86. The first-order valence-electron chi connectivity index (χ1n) is 10.7. The van der Waals surface area contributed by atoms with Crippen LogP contribution in [0.5, 0.6) is 5.75 Å². The molecule has 4 rings (SSSR count). The van der Waals surface area contributed by atoms with Gasteiger partial charge in [0.1, 0.15) is 11.8 Å². The van der Waals surface area contributed by atoms with Gasteiger partial charge in [0.05, 0.1) is 18.2 Å². The Morgan fingerprint density at radius 1 is 1.18 bits per heavy atom. The molecule has 1 amide bonds. The van der Waals surface area contributed by atoms with Crippen LogP contribution in [0.2, 0.25) is 0 Å². The molecule has 0 aliphatic carbocycles. The Labute approximate surface area is 198 Å². The van der Waals surface area contributed by atoms with Crippen molar-refractivity contribution in [2.24, 2.45) is 5.10 Å². The van der Waals surface area contributed by atoms with Crippen molar-refractivity contribution < 1.29 is 23.2 Å². The van der Waals surface area contributed by atoms with E-state index in [9.17, 15) is 13.2 Å². The van der Waals surface area contributed by atoms with Crippen molar-refractivity contribution >= 4 is 32.9 Å². The van der Waals surface area contributed by atoms with Crippen LogP contribution in [0, 0.1) is 0 Å². The van der Waals surface area contributed by atoms with Crippen molar-refractivity contribution in [1.29, 1.82) is 0 Å². The van der Waals surface area contributed by atoms with Gasteiger partial charge < -0.3 is 9.64 Å². The monoisotopic (exact) mass is 482 g/mol. The first kappa shape index (κ1) is 23.7. The molecule has 34 heavy (non-hydrogen) atoms. The van der Waals surface area contributed by atoms with E-state index in [4.69, 9.17) is 9.94 Å². The zero-order valence-corrected chi connectivity index (χ0v) is 19.7. The average Bonchev–Trinajstić information content (AvgIpc) is 3.21. The number of hydrazone groups is 1. The maximum Gasteiger partial charge on any atom is 0.243 e. The number of hydrogen-bond acceptors (Lipinski definition) is 7. The molecule has 0 bridgehead atoms. The maximum absolute atomic E-state index is 13.3. The molecule has 2 N–H and O–H groups in total. The summed E-state index contributed by atoms with van der Waals surface area (Å²) >= 11 is 0. The fourth-order valence-electron chi connectivity index (χ4n) is 4.14. The van der Waals surface area contributed by atoms with Crippen LogP contribution in [0.25, 0.3) is 10.8 Å². The molecular formula is C24H26N4O5S. The second-order valence-electron chi connectivity index (χ2n) is 8.06. The highest BCUT2D eigenvalue weighted by Gasteiger charge is 2.39. The molecule has 9 nitrogen and oxygen atoms in total. The molecule has 1 aliphatic rings. The minimum Gasteiger partial charge on any atom is -0.497 e. The molecular weight excluding hydrogens is 456 g/mol. The Kier molecular flexibility index (Phi) is 6.82. The number of likely N-dealkylation sites (N-methyl/N-ethyl adjacent to an activating group) is 1. The summed E-state index contributed by atoms with van der Waals surface area (Å²) in [5, 5.41) is 13.8. The Balaban J connectivity index is 1.51. The van der Waals surface area contributed by atoms with Crippen LogP contribution in [0.1, 0.15) is 17.5 Å². The van der Waals surface area contributed by atoms with E-state index in [0.717, 1.165) is 21.9 Å². The highest BCUT2D eigenvalue weighted by Crippen LogP contribution is 2.28. The number of methoxy groups -OCH3 is 1. The molecule has 0 unspecified atom stereocenters. The van der Waals surface area contributed by atoms with Crippen molar-refractivity contribution in [3.63, 3.8) is 0 Å². The summed E-state index contributed by atoms with van der Waals surface area (Å²) in [6, 6.07) is 17.0. The van der Waals surface area contributed by atoms with Gasteiger partial charge in [0.2, 0.25) is 15.9 Å². The zero-order chi connectivity index (χ0) is 24.3. The summed E-state index contributed by atoms with van der Waals surface area (Å²) < 4.78 is 33.1. The number of ether oxygens (including phenoxy) is 1. The summed E-state index contributed by atoms with van der Waals surface area (Å²) in [6.45, 7) is 0.812. The number of nitrogens with zero attached hydrogens (tertiary/aromatic N) is 3. The minimum absolute atomic E-state index is 0.142. The lowest BCUT2D eigenvalue weighted by atomic mass is 10.1. The Bertz CT molecular complexity index is 1340. The molecule has 3 aromatic rings. The van der Waals surface area contributed by atoms with E-state index >= 15 is 0 Å². The van der Waals surface area contributed by atoms with Gasteiger partial charge in [-0.15, -0.1) is 0 Å². The maximum atomic E-state index is 13.3. The number of fused-ring (bicyclic) bond motifs is 1. The van der Waals surface area contributed by atoms with E-state index in [1.807, 2.05) is 36.4 Å². The van der Waals surface area contributed by atoms with Gasteiger partial charge >= 0.3 is 0 Å². The minimum atomic E-state index is -3.87. The van der Waals surface area contributed by atoms with Crippen LogP contribution in [0.4, 0.5) is 0 Å². The normalized spacial score (nSPS) is 16.6. The summed E-state index contributed by atoms with van der Waals surface area (Å²) in [4.78, 5) is 14.9. The van der Waals surface area contributed by atoms with Gasteiger partial charge in [0, 0.05) is 20.1 Å². The van der Waals surface area contributed by atoms with Gasteiger partial charge in [0.15, 0.2) is 0 Å². The molecule has 3 aromatic carbocycles. The lowest BCUT2D eigenvalue weighted by molar-refractivity contribution is -0.131. The fraction of sp³-hybridized carbons (Fsp3) is 0.250. The molecule has 1 fully saturated rings. The van der Waals surface area contributed by atoms with Gasteiger partial charge in [-0.25, -0.2) is 8.42 Å². The molecule has 0 spiro atoms. The van der Waals surface area contributed by atoms with Gasteiger partial charge in [-0.3, -0.25) is 10.0 Å². The van der Waals surface area contributed by atoms with Crippen LogP contribution < -0.4 is 10.3 Å². The van der Waals surface area contributed by atoms with Gasteiger partial charge in [-0.2, -0.15) is 15.0 Å². The number of nitrogens with one attached hydrogen (secondary N) is 1. The number of sulfonamides is 1. The molecule has 0 aromatic heterocycles. The van der Waals surface area contributed by atoms with Crippen LogP contribution in [0.3, 0.4) is 0 Å². The standard InChI is InChI=1S/C24H26N4O5S/c1-27(34(31,32)22-9-7-19-13-21(33-2)8-6-20(19)14-22)23-10-11-28(24(23)29)16-18-5-3-4-17(12-18)15-25-26-30/h3-9,12-15,23,26,30H,10-11,16H2,1-2H3/t23-/m0/s1. The van der Waals surface area contributed by atoms with Crippen LogP contribution in [0.15, 0.2) is 70.7 Å². The van der Waals surface area contributed by atoms with Crippen molar-refractivity contribution in [2.45, 2.75) is 23.9 Å². The molecule has 1 heterocycles. The first-order valence-corrected chi connectivity index (χ1v) is 12.1. The van der Waals surface area contributed by atoms with E-state index in [1.165, 1.54) is 17.6 Å². The molecule has 0 radical (unpaired) electrons. The number of benzene rings is 3. The van der Waals surface area contributed by atoms with E-state index in [2.05, 4.69) is 5.10 Å². The Hall–Kier alpha value is -3.47. The number of carbonyl (C=O) groups is 1. The van der Waals surface area contributed by atoms with Crippen molar-refractivity contribution in [2.75, 3.05) is 20.7 Å². The molecule has 1 saturated heterocycles. The summed E-state index contributed by atoms with van der Waals surface area (Å²) in [5.74, 6) is 0.465. The van der Waals surface area contributed by atoms with E-state index in [1.54, 1.807) is 41.9 Å². The summed E-state index contributed by atoms with van der Waals surface area (Å²) in [6.07, 6.45) is 1.87. The second kappa shape index (κ2) is 9.80. The third kappa shape index (κ3) is 4.74. The van der Waals surface area contributed by atoms with Crippen molar-refractivity contribution in [3.05, 3.63) is 71.8 Å². The highest BCUT2D eigenvalue weighted by molar-refractivity contribution is 7.89. The van der Waals surface area contributed by atoms with E-state index < -0.39 is 16.1 Å². The largest absolute Gasteiger partial charge is 0.497 e. The predicted molar refractivity (Wildman–Crippen MR) is 128 cm³/mol. The number of likely N-dealkylation sites (tertiary alicyclic amines) is 1. The van der Waals surface area contributed by atoms with Crippen LogP contribution >= 0.6 is 0 Å². The van der Waals surface area contributed by atoms with Crippen LogP contribution in [-0.4, -0.2) is 61.7 Å². The molecule has 1 atom stereocenters. The smallest absolute Gasteiger partial charge is 0.243 e. The number of rotatable bonds is 8. The SMILES string of the molecule is COc1ccc2cc(S(=O)(=O)N(C)[C@H]3CCN(Cc4cccc(C=NNO)c4)C3=O)ccc2c1. The topological polar surface area (TPSA) is 112 Å². The molecule has 10 heteroatoms. The van der Waals surface area contributed by atoms with Gasteiger partial charge in [-0.1, -0.05) is 30.3 Å².